The molecule has 0 bridgehead atoms. The van der Waals surface area contributed by atoms with E-state index in [4.69, 9.17) is 0 Å². The average molecular weight is 350 g/mol. The summed E-state index contributed by atoms with van der Waals surface area (Å²) in [5.41, 5.74) is 6.70. The largest absolute Gasteiger partial charge is 0.478 e. The van der Waals surface area contributed by atoms with E-state index < -0.39 is 5.97 Å². The molecule has 1 aliphatic carbocycles. The van der Waals surface area contributed by atoms with Gasteiger partial charge >= 0.3 is 5.97 Å². The lowest BCUT2D eigenvalue weighted by Crippen LogP contribution is -2.28. The average Bonchev–Trinajstić information content (AvgIpc) is 2.57. The molecule has 0 heterocycles. The zero-order chi connectivity index (χ0) is 19.7. The van der Waals surface area contributed by atoms with Crippen molar-refractivity contribution in [2.45, 2.75) is 48.5 Å². The molecule has 0 spiro atoms. The van der Waals surface area contributed by atoms with E-state index in [2.05, 4.69) is 0 Å². The Kier molecular flexibility index (Phi) is 3.91. The van der Waals surface area contributed by atoms with Crippen LogP contribution in [-0.2, 0) is 0 Å². The summed E-state index contributed by atoms with van der Waals surface area (Å²) in [4.78, 5) is 38.5. The monoisotopic (exact) mass is 350 g/mol. The fourth-order valence-electron chi connectivity index (χ4n) is 4.17. The molecule has 3 rings (SSSR count). The van der Waals surface area contributed by atoms with Crippen LogP contribution in [0, 0.1) is 48.5 Å². The van der Waals surface area contributed by atoms with Crippen LogP contribution < -0.4 is 0 Å². The zero-order valence-electron chi connectivity index (χ0n) is 16.2. The SMILES string of the molecule is Cc1c(C)c(C)c2c(c1C)C(=O)c1c(C)c(C)c(C(=O)O)c(C)c1C2=O. The minimum Gasteiger partial charge on any atom is -0.478 e. The molecule has 4 nitrogen and oxygen atoms in total. The third-order valence-corrected chi connectivity index (χ3v) is 6.12. The van der Waals surface area contributed by atoms with E-state index in [9.17, 15) is 19.5 Å². The predicted octanol–water partition coefficient (Wildman–Crippen LogP) is 4.32. The second kappa shape index (κ2) is 5.63. The molecule has 0 saturated heterocycles. The van der Waals surface area contributed by atoms with Crippen LogP contribution in [0.1, 0.15) is 81.1 Å². The number of carbonyl (C=O) groups excluding carboxylic acids is 2. The molecule has 0 fully saturated rings. The number of fused-ring (bicyclic) bond motifs is 2. The van der Waals surface area contributed by atoms with Crippen molar-refractivity contribution in [2.75, 3.05) is 0 Å². The van der Waals surface area contributed by atoms with Gasteiger partial charge in [-0.1, -0.05) is 0 Å². The highest BCUT2D eigenvalue weighted by atomic mass is 16.4. The Balaban J connectivity index is 2.54. The van der Waals surface area contributed by atoms with Crippen LogP contribution in [0.3, 0.4) is 0 Å². The zero-order valence-corrected chi connectivity index (χ0v) is 16.2. The van der Waals surface area contributed by atoms with Crippen molar-refractivity contribution >= 4 is 17.5 Å². The Morgan fingerprint density at radius 3 is 1.19 bits per heavy atom. The topological polar surface area (TPSA) is 71.4 Å². The van der Waals surface area contributed by atoms with E-state index >= 15 is 0 Å². The Bertz CT molecular complexity index is 1060. The molecule has 0 atom stereocenters. The molecular weight excluding hydrogens is 328 g/mol. The summed E-state index contributed by atoms with van der Waals surface area (Å²) in [6.07, 6.45) is 0. The van der Waals surface area contributed by atoms with E-state index in [1.165, 1.54) is 0 Å². The molecule has 4 heteroatoms. The van der Waals surface area contributed by atoms with Gasteiger partial charge in [0.05, 0.1) is 5.56 Å². The normalized spacial score (nSPS) is 12.9. The standard InChI is InChI=1S/C22H22O4/c1-8-9(2)11(4)17-16(10(8)3)20(23)18-13(6)12(5)15(22(25)26)14(7)19(18)21(17)24/h1-7H3,(H,25,26). The summed E-state index contributed by atoms with van der Waals surface area (Å²) in [5, 5.41) is 9.60. The molecule has 0 aliphatic heterocycles. The minimum atomic E-state index is -1.08. The third-order valence-electron chi connectivity index (χ3n) is 6.12. The Morgan fingerprint density at radius 2 is 0.846 bits per heavy atom. The van der Waals surface area contributed by atoms with Crippen molar-refractivity contribution in [3.05, 3.63) is 66.8 Å². The lowest BCUT2D eigenvalue weighted by Gasteiger charge is -2.28. The highest BCUT2D eigenvalue weighted by Crippen LogP contribution is 2.39. The van der Waals surface area contributed by atoms with E-state index in [0.29, 0.717) is 33.4 Å². The van der Waals surface area contributed by atoms with Crippen LogP contribution in [0.5, 0.6) is 0 Å². The van der Waals surface area contributed by atoms with Crippen LogP contribution in [0.15, 0.2) is 0 Å². The van der Waals surface area contributed by atoms with Crippen LogP contribution >= 0.6 is 0 Å². The van der Waals surface area contributed by atoms with Crippen LogP contribution in [0.4, 0.5) is 0 Å². The number of carboxylic acids is 1. The fraction of sp³-hybridized carbons (Fsp3) is 0.318. The van der Waals surface area contributed by atoms with Crippen molar-refractivity contribution in [2.24, 2.45) is 0 Å². The van der Waals surface area contributed by atoms with Crippen molar-refractivity contribution in [3.63, 3.8) is 0 Å². The molecule has 26 heavy (non-hydrogen) atoms. The number of hydrogen-bond donors (Lipinski definition) is 1. The maximum Gasteiger partial charge on any atom is 0.336 e. The van der Waals surface area contributed by atoms with E-state index in [1.807, 2.05) is 27.7 Å². The van der Waals surface area contributed by atoms with E-state index in [0.717, 1.165) is 22.3 Å². The number of carbonyl (C=O) groups is 3. The van der Waals surface area contributed by atoms with Gasteiger partial charge in [-0.2, -0.15) is 0 Å². The molecule has 0 radical (unpaired) electrons. The molecule has 2 aromatic carbocycles. The smallest absolute Gasteiger partial charge is 0.336 e. The maximum absolute atomic E-state index is 13.4. The fourth-order valence-corrected chi connectivity index (χ4v) is 4.17. The number of ketones is 2. The van der Waals surface area contributed by atoms with Gasteiger partial charge < -0.3 is 5.11 Å². The second-order valence-electron chi connectivity index (χ2n) is 7.21. The number of benzene rings is 2. The van der Waals surface area contributed by atoms with Gasteiger partial charge in [0.1, 0.15) is 0 Å². The lowest BCUT2D eigenvalue weighted by molar-refractivity contribution is 0.0694. The van der Waals surface area contributed by atoms with Gasteiger partial charge in [0.25, 0.3) is 0 Å². The van der Waals surface area contributed by atoms with Gasteiger partial charge in [0.15, 0.2) is 11.6 Å². The predicted molar refractivity (Wildman–Crippen MR) is 99.9 cm³/mol. The molecule has 2 aromatic rings. The molecule has 1 N–H and O–H groups in total. The summed E-state index contributed by atoms with van der Waals surface area (Å²) in [7, 11) is 0. The van der Waals surface area contributed by atoms with Gasteiger partial charge in [-0.05, 0) is 87.4 Å². The van der Waals surface area contributed by atoms with Gasteiger partial charge in [0, 0.05) is 22.3 Å². The van der Waals surface area contributed by atoms with Crippen LogP contribution in [0.25, 0.3) is 0 Å². The van der Waals surface area contributed by atoms with Crippen molar-refractivity contribution in [1.29, 1.82) is 0 Å². The molecule has 0 saturated carbocycles. The first kappa shape index (κ1) is 18.1. The molecule has 0 amide bonds. The quantitative estimate of drug-likeness (QED) is 0.709. The van der Waals surface area contributed by atoms with Crippen LogP contribution in [-0.4, -0.2) is 22.6 Å². The van der Waals surface area contributed by atoms with Crippen LogP contribution in [0.2, 0.25) is 0 Å². The van der Waals surface area contributed by atoms with E-state index in [1.54, 1.807) is 20.8 Å². The van der Waals surface area contributed by atoms with Crippen molar-refractivity contribution in [1.82, 2.24) is 0 Å². The van der Waals surface area contributed by atoms with Gasteiger partial charge in [-0.3, -0.25) is 9.59 Å². The summed E-state index contributed by atoms with van der Waals surface area (Å²) < 4.78 is 0. The summed E-state index contributed by atoms with van der Waals surface area (Å²) >= 11 is 0. The molecule has 0 unspecified atom stereocenters. The first-order chi connectivity index (χ1) is 12.0. The number of rotatable bonds is 1. The first-order valence-corrected chi connectivity index (χ1v) is 8.59. The Morgan fingerprint density at radius 1 is 0.538 bits per heavy atom. The minimum absolute atomic E-state index is 0.115. The molecule has 1 aliphatic rings. The maximum atomic E-state index is 13.4. The first-order valence-electron chi connectivity index (χ1n) is 8.59. The summed E-state index contributed by atoms with van der Waals surface area (Å²) in [6, 6.07) is 0. The summed E-state index contributed by atoms with van der Waals surface area (Å²) in [5.74, 6) is -1.51. The Labute approximate surface area is 152 Å². The molecular formula is C22H22O4. The van der Waals surface area contributed by atoms with Crippen molar-refractivity contribution < 1.29 is 19.5 Å². The van der Waals surface area contributed by atoms with Crippen molar-refractivity contribution in [3.8, 4) is 0 Å². The second-order valence-corrected chi connectivity index (χ2v) is 7.21. The lowest BCUT2D eigenvalue weighted by atomic mass is 9.73. The van der Waals surface area contributed by atoms with E-state index in [-0.39, 0.29) is 22.7 Å². The molecule has 0 aromatic heterocycles. The number of hydrogen-bond acceptors (Lipinski definition) is 3. The highest BCUT2D eigenvalue weighted by molar-refractivity contribution is 6.31. The van der Waals surface area contributed by atoms with Gasteiger partial charge in [-0.25, -0.2) is 4.79 Å². The van der Waals surface area contributed by atoms with Gasteiger partial charge in [0.2, 0.25) is 0 Å². The third kappa shape index (κ3) is 2.05. The number of carboxylic acid groups (broad SMARTS) is 1. The highest BCUT2D eigenvalue weighted by Gasteiger charge is 2.38. The molecule has 134 valence electrons. The Hall–Kier alpha value is -2.75. The summed E-state index contributed by atoms with van der Waals surface area (Å²) in [6.45, 7) is 12.7. The number of aromatic carboxylic acids is 1. The van der Waals surface area contributed by atoms with Gasteiger partial charge in [-0.15, -0.1) is 0 Å².